The summed E-state index contributed by atoms with van der Waals surface area (Å²) < 4.78 is 6.56. The van der Waals surface area contributed by atoms with Crippen molar-refractivity contribution in [1.29, 1.82) is 0 Å². The molecule has 0 saturated carbocycles. The molecule has 1 amide bonds. The number of carbonyl (C=O) groups excluding carboxylic acids is 1. The fourth-order valence-corrected chi connectivity index (χ4v) is 2.49. The van der Waals surface area contributed by atoms with Crippen molar-refractivity contribution < 1.29 is 9.32 Å². The number of amides is 1. The molecule has 1 aromatic carbocycles. The second-order valence-electron chi connectivity index (χ2n) is 5.50. The fourth-order valence-electron chi connectivity index (χ4n) is 2.49. The van der Waals surface area contributed by atoms with Crippen LogP contribution in [-0.4, -0.2) is 20.6 Å². The van der Waals surface area contributed by atoms with Crippen LogP contribution in [0.4, 0.5) is 5.88 Å². The molecule has 2 aromatic heterocycles. The summed E-state index contributed by atoms with van der Waals surface area (Å²) in [4.78, 5) is 28.7. The molecular weight excluding hydrogens is 308 g/mol. The highest BCUT2D eigenvalue weighted by atomic mass is 16.5. The minimum atomic E-state index is -0.239. The molecule has 0 spiro atoms. The van der Waals surface area contributed by atoms with Gasteiger partial charge in [0, 0.05) is 18.5 Å². The number of anilines is 1. The van der Waals surface area contributed by atoms with E-state index in [1.54, 1.807) is 18.2 Å². The number of hydrogen-bond donors (Lipinski definition) is 1. The summed E-state index contributed by atoms with van der Waals surface area (Å²) in [6.45, 7) is 4.06. The topological polar surface area (TPSA) is 90.0 Å². The molecule has 3 rings (SSSR count). The van der Waals surface area contributed by atoms with Gasteiger partial charge in [0.05, 0.1) is 22.9 Å². The van der Waals surface area contributed by atoms with Crippen LogP contribution in [0.25, 0.3) is 10.9 Å². The van der Waals surface area contributed by atoms with Crippen molar-refractivity contribution in [3.05, 3.63) is 52.2 Å². The van der Waals surface area contributed by atoms with Gasteiger partial charge in [0.1, 0.15) is 0 Å². The van der Waals surface area contributed by atoms with Crippen LogP contribution in [0.2, 0.25) is 0 Å². The molecule has 7 heteroatoms. The first-order chi connectivity index (χ1) is 11.6. The lowest BCUT2D eigenvalue weighted by molar-refractivity contribution is -0.116. The van der Waals surface area contributed by atoms with Crippen LogP contribution in [0, 0.1) is 6.92 Å². The zero-order chi connectivity index (χ0) is 17.1. The normalized spacial score (nSPS) is 10.9. The zero-order valence-electron chi connectivity index (χ0n) is 13.6. The van der Waals surface area contributed by atoms with Crippen molar-refractivity contribution in [2.75, 3.05) is 5.32 Å². The molecule has 0 radical (unpaired) electrons. The van der Waals surface area contributed by atoms with Crippen LogP contribution in [0.3, 0.4) is 0 Å². The van der Waals surface area contributed by atoms with E-state index in [-0.39, 0.29) is 24.4 Å². The summed E-state index contributed by atoms with van der Waals surface area (Å²) in [6, 6.07) is 7.13. The Morgan fingerprint density at radius 2 is 2.12 bits per heavy atom. The molecule has 0 bridgehead atoms. The van der Waals surface area contributed by atoms with Crippen molar-refractivity contribution in [3.8, 4) is 0 Å². The monoisotopic (exact) mass is 326 g/mol. The minimum Gasteiger partial charge on any atom is -0.338 e. The van der Waals surface area contributed by atoms with Gasteiger partial charge in [0.15, 0.2) is 0 Å². The molecule has 0 aliphatic carbocycles. The van der Waals surface area contributed by atoms with Gasteiger partial charge in [-0.15, -0.1) is 0 Å². The molecule has 2 heterocycles. The third kappa shape index (κ3) is 3.05. The number of rotatable bonds is 5. The largest absolute Gasteiger partial charge is 0.338 e. The summed E-state index contributed by atoms with van der Waals surface area (Å²) in [6.07, 6.45) is 2.34. The standard InChI is InChI=1S/C17H18N4O3/c1-3-13-11(2)16(24-20-13)19-15(22)8-9-21-10-18-14-7-5-4-6-12(14)17(21)23/h4-7,10H,3,8-9H2,1-2H3,(H,19,22). The molecule has 0 aliphatic heterocycles. The lowest BCUT2D eigenvalue weighted by atomic mass is 10.2. The molecule has 24 heavy (non-hydrogen) atoms. The highest BCUT2D eigenvalue weighted by molar-refractivity contribution is 5.90. The van der Waals surface area contributed by atoms with Crippen molar-refractivity contribution in [3.63, 3.8) is 0 Å². The molecule has 0 atom stereocenters. The van der Waals surface area contributed by atoms with Crippen LogP contribution in [0.1, 0.15) is 24.6 Å². The maximum Gasteiger partial charge on any atom is 0.261 e. The van der Waals surface area contributed by atoms with E-state index < -0.39 is 0 Å². The van der Waals surface area contributed by atoms with E-state index in [0.29, 0.717) is 16.8 Å². The van der Waals surface area contributed by atoms with Gasteiger partial charge in [-0.05, 0) is 25.5 Å². The molecule has 3 aromatic rings. The molecule has 1 N–H and O–H groups in total. The highest BCUT2D eigenvalue weighted by Gasteiger charge is 2.13. The van der Waals surface area contributed by atoms with Gasteiger partial charge in [-0.25, -0.2) is 4.98 Å². The fraction of sp³-hybridized carbons (Fsp3) is 0.294. The Balaban J connectivity index is 1.69. The van der Waals surface area contributed by atoms with E-state index in [1.807, 2.05) is 19.9 Å². The number of hydrogen-bond acceptors (Lipinski definition) is 5. The lowest BCUT2D eigenvalue weighted by Crippen LogP contribution is -2.23. The highest BCUT2D eigenvalue weighted by Crippen LogP contribution is 2.18. The number of benzene rings is 1. The van der Waals surface area contributed by atoms with E-state index in [1.165, 1.54) is 10.9 Å². The summed E-state index contributed by atoms with van der Waals surface area (Å²) in [5.74, 6) is 0.123. The molecular formula is C17H18N4O3. The maximum absolute atomic E-state index is 12.4. The van der Waals surface area contributed by atoms with Crippen LogP contribution >= 0.6 is 0 Å². The van der Waals surface area contributed by atoms with Gasteiger partial charge in [-0.1, -0.05) is 24.2 Å². The third-order valence-electron chi connectivity index (χ3n) is 3.92. The molecule has 0 aliphatic rings. The Bertz CT molecular complexity index is 942. The number of nitrogens with one attached hydrogen (secondary N) is 1. The average molecular weight is 326 g/mol. The smallest absolute Gasteiger partial charge is 0.261 e. The molecule has 0 unspecified atom stereocenters. The van der Waals surface area contributed by atoms with E-state index in [9.17, 15) is 9.59 Å². The Morgan fingerprint density at radius 1 is 1.33 bits per heavy atom. The van der Waals surface area contributed by atoms with E-state index in [2.05, 4.69) is 15.5 Å². The quantitative estimate of drug-likeness (QED) is 0.777. The zero-order valence-corrected chi connectivity index (χ0v) is 13.6. The predicted molar refractivity (Wildman–Crippen MR) is 89.9 cm³/mol. The van der Waals surface area contributed by atoms with Crippen molar-refractivity contribution >= 4 is 22.7 Å². The van der Waals surface area contributed by atoms with Crippen molar-refractivity contribution in [2.45, 2.75) is 33.2 Å². The number of nitrogens with zero attached hydrogens (tertiary/aromatic N) is 3. The van der Waals surface area contributed by atoms with Gasteiger partial charge >= 0.3 is 0 Å². The number of fused-ring (bicyclic) bond motifs is 1. The van der Waals surface area contributed by atoms with Crippen LogP contribution in [0.5, 0.6) is 0 Å². The maximum atomic E-state index is 12.4. The van der Waals surface area contributed by atoms with Gasteiger partial charge in [0.2, 0.25) is 11.8 Å². The molecule has 0 saturated heterocycles. The van der Waals surface area contributed by atoms with Gasteiger partial charge in [-0.2, -0.15) is 0 Å². The van der Waals surface area contributed by atoms with E-state index in [0.717, 1.165) is 17.7 Å². The number of para-hydroxylation sites is 1. The molecule has 124 valence electrons. The SMILES string of the molecule is CCc1noc(NC(=O)CCn2cnc3ccccc3c2=O)c1C. The number of aromatic nitrogens is 3. The Kier molecular flexibility index (Phi) is 4.41. The third-order valence-corrected chi connectivity index (χ3v) is 3.92. The second kappa shape index (κ2) is 6.66. The lowest BCUT2D eigenvalue weighted by Gasteiger charge is -2.06. The first kappa shape index (κ1) is 15.9. The van der Waals surface area contributed by atoms with Crippen molar-refractivity contribution in [1.82, 2.24) is 14.7 Å². The van der Waals surface area contributed by atoms with Crippen LogP contribution in [0.15, 0.2) is 39.9 Å². The summed E-state index contributed by atoms with van der Waals surface area (Å²) in [5.41, 5.74) is 2.14. The summed E-state index contributed by atoms with van der Waals surface area (Å²) >= 11 is 0. The Labute approximate surface area is 138 Å². The average Bonchev–Trinajstić information content (AvgIpc) is 2.94. The first-order valence-corrected chi connectivity index (χ1v) is 7.79. The van der Waals surface area contributed by atoms with Gasteiger partial charge in [-0.3, -0.25) is 19.5 Å². The number of aryl methyl sites for hydroxylation is 2. The summed E-state index contributed by atoms with van der Waals surface area (Å²) in [5, 5.41) is 7.13. The van der Waals surface area contributed by atoms with Gasteiger partial charge < -0.3 is 4.52 Å². The second-order valence-corrected chi connectivity index (χ2v) is 5.50. The number of carbonyl (C=O) groups is 1. The Morgan fingerprint density at radius 3 is 2.88 bits per heavy atom. The minimum absolute atomic E-state index is 0.140. The van der Waals surface area contributed by atoms with Crippen LogP contribution < -0.4 is 10.9 Å². The predicted octanol–water partition coefficient (Wildman–Crippen LogP) is 2.28. The van der Waals surface area contributed by atoms with Gasteiger partial charge in [0.25, 0.3) is 5.56 Å². The Hall–Kier alpha value is -2.96. The first-order valence-electron chi connectivity index (χ1n) is 7.79. The van der Waals surface area contributed by atoms with Crippen LogP contribution in [-0.2, 0) is 17.8 Å². The molecule has 0 fully saturated rings. The van der Waals surface area contributed by atoms with E-state index >= 15 is 0 Å². The van der Waals surface area contributed by atoms with E-state index in [4.69, 9.17) is 4.52 Å². The summed E-state index contributed by atoms with van der Waals surface area (Å²) in [7, 11) is 0. The molecule has 7 nitrogen and oxygen atoms in total. The van der Waals surface area contributed by atoms with Crippen molar-refractivity contribution in [2.24, 2.45) is 0 Å².